The second kappa shape index (κ2) is 9.67. The highest BCUT2D eigenvalue weighted by molar-refractivity contribution is 6.35. The second-order valence-corrected chi connectivity index (χ2v) is 7.92. The van der Waals surface area contributed by atoms with Gasteiger partial charge in [-0.1, -0.05) is 31.5 Å². The first-order valence-electron chi connectivity index (χ1n) is 10.00. The molecule has 0 aliphatic heterocycles. The van der Waals surface area contributed by atoms with Gasteiger partial charge >= 0.3 is 0 Å². The van der Waals surface area contributed by atoms with Crippen LogP contribution in [0, 0.1) is 5.92 Å². The molecule has 3 aromatic rings. The summed E-state index contributed by atoms with van der Waals surface area (Å²) in [6.45, 7) is 7.85. The third kappa shape index (κ3) is 5.33. The van der Waals surface area contributed by atoms with Crippen LogP contribution in [-0.4, -0.2) is 26.9 Å². The summed E-state index contributed by atoms with van der Waals surface area (Å²) in [5, 5.41) is 4.55. The Morgan fingerprint density at radius 3 is 2.83 bits per heavy atom. The van der Waals surface area contributed by atoms with E-state index in [-0.39, 0.29) is 5.78 Å². The number of Topliss-reactive ketones (excluding diaryl/α,β-unsaturated/α-hetero) is 1. The van der Waals surface area contributed by atoms with Gasteiger partial charge in [-0.25, -0.2) is 9.97 Å². The van der Waals surface area contributed by atoms with E-state index < -0.39 is 0 Å². The summed E-state index contributed by atoms with van der Waals surface area (Å²) in [6.07, 6.45) is 7.61. The Labute approximate surface area is 181 Å². The van der Waals surface area contributed by atoms with Crippen molar-refractivity contribution in [3.63, 3.8) is 0 Å². The first-order valence-corrected chi connectivity index (χ1v) is 10.4. The molecule has 0 spiro atoms. The molecule has 0 aliphatic carbocycles. The van der Waals surface area contributed by atoms with Crippen molar-refractivity contribution in [2.45, 2.75) is 40.5 Å². The third-order valence-corrected chi connectivity index (χ3v) is 4.91. The summed E-state index contributed by atoms with van der Waals surface area (Å²) in [5.74, 6) is 1.05. The lowest BCUT2D eigenvalue weighted by Crippen LogP contribution is -1.99. The van der Waals surface area contributed by atoms with Gasteiger partial charge in [0.1, 0.15) is 0 Å². The number of hydrogen-bond donors (Lipinski definition) is 2. The number of fused-ring (bicyclic) bond motifs is 1. The molecule has 156 valence electrons. The van der Waals surface area contributed by atoms with Crippen molar-refractivity contribution < 1.29 is 4.79 Å². The minimum absolute atomic E-state index is 0.0411. The van der Waals surface area contributed by atoms with Crippen LogP contribution in [0.25, 0.3) is 16.6 Å². The Balaban J connectivity index is 1.81. The van der Waals surface area contributed by atoms with Crippen molar-refractivity contribution >= 4 is 51.8 Å². The van der Waals surface area contributed by atoms with Gasteiger partial charge in [0.25, 0.3) is 0 Å². The zero-order valence-electron chi connectivity index (χ0n) is 17.7. The fourth-order valence-corrected chi connectivity index (χ4v) is 3.29. The molecule has 0 saturated carbocycles. The van der Waals surface area contributed by atoms with Gasteiger partial charge in [0, 0.05) is 30.4 Å². The smallest absolute Gasteiger partial charge is 0.227 e. The van der Waals surface area contributed by atoms with Crippen molar-refractivity contribution in [2.24, 2.45) is 10.9 Å². The Bertz CT molecular complexity index is 1110. The normalized spacial score (nSPS) is 12.3. The Kier molecular flexibility index (Phi) is 7.00. The number of halogens is 1. The van der Waals surface area contributed by atoms with Gasteiger partial charge in [0.05, 0.1) is 27.6 Å². The summed E-state index contributed by atoms with van der Waals surface area (Å²) >= 11 is 6.39. The Morgan fingerprint density at radius 2 is 2.13 bits per heavy atom. The number of rotatable bonds is 8. The van der Waals surface area contributed by atoms with Crippen LogP contribution in [0.3, 0.4) is 0 Å². The average molecular weight is 424 g/mol. The molecule has 0 aliphatic rings. The molecule has 0 atom stereocenters. The predicted molar refractivity (Wildman–Crippen MR) is 125 cm³/mol. The van der Waals surface area contributed by atoms with Crippen molar-refractivity contribution in [3.05, 3.63) is 52.9 Å². The van der Waals surface area contributed by atoms with Crippen LogP contribution in [0.2, 0.25) is 5.02 Å². The number of aromatic nitrogens is 3. The first-order chi connectivity index (χ1) is 14.4. The molecule has 1 aromatic carbocycles. The first kappa shape index (κ1) is 21.7. The molecule has 0 bridgehead atoms. The van der Waals surface area contributed by atoms with Crippen LogP contribution >= 0.6 is 11.6 Å². The molecule has 2 aromatic heterocycles. The number of aromatic amines is 1. The van der Waals surface area contributed by atoms with Gasteiger partial charge in [-0.2, -0.15) is 0 Å². The van der Waals surface area contributed by atoms with E-state index in [0.717, 1.165) is 40.8 Å². The van der Waals surface area contributed by atoms with E-state index in [1.165, 1.54) is 6.92 Å². The topological polar surface area (TPSA) is 83.0 Å². The van der Waals surface area contributed by atoms with E-state index in [1.54, 1.807) is 18.3 Å². The number of H-pyrrole nitrogens is 1. The second-order valence-electron chi connectivity index (χ2n) is 7.51. The minimum Gasteiger partial charge on any atom is -0.351 e. The van der Waals surface area contributed by atoms with E-state index in [4.69, 9.17) is 11.6 Å². The number of anilines is 2. The molecule has 2 N–H and O–H groups in total. The highest BCUT2D eigenvalue weighted by atomic mass is 35.5. The fraction of sp³-hybridized carbons (Fsp3) is 0.304. The molecule has 3 rings (SSSR count). The number of benzene rings is 1. The average Bonchev–Trinajstić information content (AvgIpc) is 3.13. The summed E-state index contributed by atoms with van der Waals surface area (Å²) in [4.78, 5) is 28.1. The SMILES string of the molecule is C/C=C(\N=CCCC(C)C)c1ccnc(Nc2cc(Cl)c3[nH]c(C(C)=O)cc3c2)n1. The van der Waals surface area contributed by atoms with Crippen LogP contribution in [0.15, 0.2) is 41.5 Å². The maximum atomic E-state index is 11.6. The molecule has 0 saturated heterocycles. The molecule has 0 unspecified atom stereocenters. The van der Waals surface area contributed by atoms with Gasteiger partial charge in [-0.3, -0.25) is 9.79 Å². The van der Waals surface area contributed by atoms with Crippen LogP contribution < -0.4 is 5.32 Å². The zero-order valence-corrected chi connectivity index (χ0v) is 18.4. The molecule has 0 radical (unpaired) electrons. The Hall–Kier alpha value is -2.99. The van der Waals surface area contributed by atoms with Crippen molar-refractivity contribution in [1.82, 2.24) is 15.0 Å². The number of aliphatic imine (C=N–C) groups is 1. The van der Waals surface area contributed by atoms with Gasteiger partial charge in [-0.15, -0.1) is 0 Å². The molecule has 6 nitrogen and oxygen atoms in total. The molecule has 2 heterocycles. The predicted octanol–water partition coefficient (Wildman–Crippen LogP) is 6.43. The number of nitrogens with zero attached hydrogens (tertiary/aromatic N) is 3. The third-order valence-electron chi connectivity index (χ3n) is 4.61. The maximum Gasteiger partial charge on any atom is 0.227 e. The van der Waals surface area contributed by atoms with Gasteiger partial charge < -0.3 is 10.3 Å². The molecular weight excluding hydrogens is 398 g/mol. The van der Waals surface area contributed by atoms with E-state index in [9.17, 15) is 4.79 Å². The number of ketones is 1. The standard InChI is InChI=1S/C23H26ClN5O/c1-5-19(25-9-6-7-14(2)3)20-8-10-26-23(29-20)27-17-11-16-12-21(15(4)30)28-22(16)18(24)13-17/h5,8-14,28H,6-7H2,1-4H3,(H,26,27,29)/b19-5-,25-9?. The number of allylic oxidation sites excluding steroid dienone is 1. The number of carbonyl (C=O) groups excluding carboxylic acids is 1. The van der Waals surface area contributed by atoms with Crippen molar-refractivity contribution in [3.8, 4) is 0 Å². The van der Waals surface area contributed by atoms with Crippen LogP contribution in [-0.2, 0) is 0 Å². The van der Waals surface area contributed by atoms with E-state index >= 15 is 0 Å². The summed E-state index contributed by atoms with van der Waals surface area (Å²) in [5.41, 5.74) is 3.53. The van der Waals surface area contributed by atoms with E-state index in [2.05, 4.69) is 39.1 Å². The monoisotopic (exact) mass is 423 g/mol. The van der Waals surface area contributed by atoms with Gasteiger partial charge in [-0.05, 0) is 49.9 Å². The van der Waals surface area contributed by atoms with Crippen LogP contribution in [0.4, 0.5) is 11.6 Å². The molecule has 30 heavy (non-hydrogen) atoms. The highest BCUT2D eigenvalue weighted by Gasteiger charge is 2.11. The van der Waals surface area contributed by atoms with E-state index in [0.29, 0.717) is 22.6 Å². The van der Waals surface area contributed by atoms with Gasteiger partial charge in [0.2, 0.25) is 5.95 Å². The molecule has 0 amide bonds. The zero-order chi connectivity index (χ0) is 21.7. The number of hydrogen-bond acceptors (Lipinski definition) is 5. The van der Waals surface area contributed by atoms with Crippen LogP contribution in [0.5, 0.6) is 0 Å². The summed E-state index contributed by atoms with van der Waals surface area (Å²) in [7, 11) is 0. The molecule has 7 heteroatoms. The fourth-order valence-electron chi connectivity index (χ4n) is 3.01. The maximum absolute atomic E-state index is 11.6. The largest absolute Gasteiger partial charge is 0.351 e. The minimum atomic E-state index is -0.0411. The quantitative estimate of drug-likeness (QED) is 0.323. The number of nitrogens with one attached hydrogen (secondary N) is 2. The highest BCUT2D eigenvalue weighted by Crippen LogP contribution is 2.29. The van der Waals surface area contributed by atoms with E-state index in [1.807, 2.05) is 31.3 Å². The lowest BCUT2D eigenvalue weighted by Gasteiger charge is -2.08. The number of carbonyl (C=O) groups is 1. The van der Waals surface area contributed by atoms with Gasteiger partial charge in [0.15, 0.2) is 5.78 Å². The molecular formula is C23H26ClN5O. The lowest BCUT2D eigenvalue weighted by molar-refractivity contribution is 0.101. The van der Waals surface area contributed by atoms with Crippen molar-refractivity contribution in [1.29, 1.82) is 0 Å². The van der Waals surface area contributed by atoms with Crippen LogP contribution in [0.1, 0.15) is 56.7 Å². The van der Waals surface area contributed by atoms with Crippen molar-refractivity contribution in [2.75, 3.05) is 5.32 Å². The summed E-state index contributed by atoms with van der Waals surface area (Å²) < 4.78 is 0. The lowest BCUT2D eigenvalue weighted by atomic mass is 10.1. The molecule has 0 fully saturated rings. The Morgan fingerprint density at radius 1 is 1.33 bits per heavy atom. The summed E-state index contributed by atoms with van der Waals surface area (Å²) in [6, 6.07) is 7.30.